The summed E-state index contributed by atoms with van der Waals surface area (Å²) in [5.74, 6) is -0.408. The summed E-state index contributed by atoms with van der Waals surface area (Å²) in [6.45, 7) is 0. The molecule has 0 fully saturated rings. The lowest BCUT2D eigenvalue weighted by atomic mass is 10.0. The van der Waals surface area contributed by atoms with Crippen LogP contribution in [0.15, 0.2) is 78.9 Å². The van der Waals surface area contributed by atoms with Gasteiger partial charge in [-0.15, -0.1) is 0 Å². The predicted molar refractivity (Wildman–Crippen MR) is 123 cm³/mol. The molecule has 0 spiro atoms. The molecule has 0 heterocycles. The topological polar surface area (TPSA) is 34.1 Å². The lowest BCUT2D eigenvalue weighted by Gasteiger charge is -2.08. The first-order valence-corrected chi connectivity index (χ1v) is 11.3. The summed E-state index contributed by atoms with van der Waals surface area (Å²) in [7, 11) is 0. The van der Waals surface area contributed by atoms with Gasteiger partial charge in [-0.25, -0.2) is 0 Å². The van der Waals surface area contributed by atoms with Crippen molar-refractivity contribution >= 4 is 70.0 Å². The summed E-state index contributed by atoms with van der Waals surface area (Å²) < 4.78 is 2.23. The minimum Gasteiger partial charge on any atom is -0.288 e. The highest BCUT2D eigenvalue weighted by molar-refractivity contribution is 14.2. The predicted octanol–water partition coefficient (Wildman–Crippen LogP) is 6.02. The van der Waals surface area contributed by atoms with E-state index in [1.165, 1.54) is 0 Å². The zero-order valence-corrected chi connectivity index (χ0v) is 18.5. The fourth-order valence-corrected chi connectivity index (χ4v) is 5.52. The van der Waals surface area contributed by atoms with Gasteiger partial charge in [-0.3, -0.25) is 9.59 Å². The maximum atomic E-state index is 13.2. The summed E-state index contributed by atoms with van der Waals surface area (Å²) >= 11 is 7.15. The van der Waals surface area contributed by atoms with Crippen LogP contribution >= 0.6 is 54.9 Å². The molecule has 3 aromatic carbocycles. The first-order chi connectivity index (χ1) is 12.6. The van der Waals surface area contributed by atoms with Crippen LogP contribution in [0.5, 0.6) is 0 Å². The van der Waals surface area contributed by atoms with Gasteiger partial charge in [0.25, 0.3) is 0 Å². The summed E-state index contributed by atoms with van der Waals surface area (Å²) in [5.41, 5.74) is 1.06. The third-order valence-corrected chi connectivity index (χ3v) is 7.61. The number of hydrogen-bond donors (Lipinski definition) is 0. The highest BCUT2D eigenvalue weighted by Gasteiger charge is 2.23. The smallest absolute Gasteiger partial charge is 0.203 e. The highest BCUT2D eigenvalue weighted by Crippen LogP contribution is 2.22. The van der Waals surface area contributed by atoms with Crippen LogP contribution in [0.2, 0.25) is 5.02 Å². The second-order valence-electron chi connectivity index (χ2n) is 5.35. The first kappa shape index (κ1) is 19.4. The maximum Gasteiger partial charge on any atom is 0.203 e. The van der Waals surface area contributed by atoms with Gasteiger partial charge < -0.3 is 0 Å². The molecule has 0 aliphatic carbocycles. The van der Waals surface area contributed by atoms with Gasteiger partial charge in [0.2, 0.25) is 11.6 Å². The van der Waals surface area contributed by atoms with Crippen molar-refractivity contribution in [3.63, 3.8) is 0 Å². The zero-order valence-electron chi connectivity index (χ0n) is 13.5. The molecule has 3 aromatic rings. The fourth-order valence-electron chi connectivity index (χ4n) is 2.27. The monoisotopic (exact) mass is 586 g/mol. The molecular weight excluding hydrogens is 573 g/mol. The lowest BCUT2D eigenvalue weighted by molar-refractivity contribution is 0.102. The molecule has 0 aliphatic heterocycles. The summed E-state index contributed by atoms with van der Waals surface area (Å²) in [6, 6.07) is 23.7. The Morgan fingerprint density at radius 2 is 1.38 bits per heavy atom. The number of halogens is 3. The van der Waals surface area contributed by atoms with E-state index in [9.17, 15) is 9.59 Å². The van der Waals surface area contributed by atoms with Crippen molar-refractivity contribution in [3.8, 4) is 0 Å². The number of ketones is 2. The second-order valence-corrected chi connectivity index (χ2v) is 9.81. The Bertz CT molecular complexity index is 980. The van der Waals surface area contributed by atoms with E-state index in [0.717, 1.165) is 7.14 Å². The third-order valence-electron chi connectivity index (χ3n) is 3.56. The minimum absolute atomic E-state index is 0.188. The van der Waals surface area contributed by atoms with Crippen LogP contribution in [-0.2, 0) is 0 Å². The van der Waals surface area contributed by atoms with Gasteiger partial charge in [0.15, 0.2) is 0 Å². The minimum atomic E-state index is -0.911. The molecule has 5 heteroatoms. The van der Waals surface area contributed by atoms with Gasteiger partial charge in [0, 0.05) is 23.3 Å². The van der Waals surface area contributed by atoms with Crippen LogP contribution in [0.4, 0.5) is 0 Å². The number of carbonyl (C=O) groups excluding carboxylic acids is 2. The van der Waals surface area contributed by atoms with Crippen molar-refractivity contribution in [2.75, 3.05) is 0 Å². The van der Waals surface area contributed by atoms with Crippen molar-refractivity contribution < 1.29 is 9.59 Å². The highest BCUT2D eigenvalue weighted by atomic mass is 127. The number of hydrogen-bond acceptors (Lipinski definition) is 2. The van der Waals surface area contributed by atoms with Crippen LogP contribution in [0.1, 0.15) is 20.7 Å². The third kappa shape index (κ3) is 4.66. The number of benzene rings is 3. The number of carbonyl (C=O) groups is 2. The molecule has 0 radical (unpaired) electrons. The molecule has 0 N–H and O–H groups in total. The molecule has 0 amide bonds. The molecule has 0 aliphatic rings. The number of rotatable bonds is 5. The number of Topliss-reactive ketones (excluding diaryl/α,β-unsaturated/α-hetero) is 2. The van der Waals surface area contributed by atoms with Gasteiger partial charge in [-0.05, 0) is 71.1 Å². The fraction of sp³-hybridized carbons (Fsp3) is 0. The molecule has 0 atom stereocenters. The quantitative estimate of drug-likeness (QED) is 0.208. The van der Waals surface area contributed by atoms with Crippen molar-refractivity contribution in [3.05, 3.63) is 102 Å². The van der Waals surface area contributed by atoms with Gasteiger partial charge in [-0.1, -0.05) is 62.7 Å². The maximum absolute atomic E-state index is 13.2. The van der Waals surface area contributed by atoms with Gasteiger partial charge in [0.1, 0.15) is 3.51 Å². The molecule has 0 aromatic heterocycles. The molecule has 3 rings (SSSR count). The van der Waals surface area contributed by atoms with Gasteiger partial charge >= 0.3 is 0 Å². The Kier molecular flexibility index (Phi) is 6.72. The second kappa shape index (κ2) is 9.01. The van der Waals surface area contributed by atoms with Crippen LogP contribution in [0.3, 0.4) is 0 Å². The summed E-state index contributed by atoms with van der Waals surface area (Å²) in [5, 5.41) is 0.560. The van der Waals surface area contributed by atoms with Gasteiger partial charge in [0.05, 0.1) is 0 Å². The van der Waals surface area contributed by atoms with Crippen LogP contribution in [0.25, 0.3) is 0 Å². The van der Waals surface area contributed by atoms with Crippen LogP contribution < -0.4 is 0 Å². The Balaban J connectivity index is 2.09. The summed E-state index contributed by atoms with van der Waals surface area (Å²) in [4.78, 5) is 26.3. The van der Waals surface area contributed by atoms with Crippen molar-refractivity contribution in [2.24, 2.45) is 0 Å². The van der Waals surface area contributed by atoms with E-state index in [1.54, 1.807) is 30.3 Å². The average Bonchev–Trinajstić information content (AvgIpc) is 2.67. The van der Waals surface area contributed by atoms with Crippen molar-refractivity contribution in [1.29, 1.82) is 0 Å². The Labute approximate surface area is 180 Å². The van der Waals surface area contributed by atoms with Crippen LogP contribution in [0, 0.1) is 7.14 Å². The molecule has 0 saturated heterocycles. The molecule has 130 valence electrons. The molecule has 0 saturated carbocycles. The molecule has 0 unspecified atom stereocenters. The average molecular weight is 587 g/mol. The SMILES string of the molecule is O=C(C(=Ic1ccccc1)C(=O)c1ccccc1I)c1ccc(Cl)cc1. The summed E-state index contributed by atoms with van der Waals surface area (Å²) in [6.07, 6.45) is 0. The standard InChI is InChI=1S/C21H13ClI2O2/c22-15-12-10-14(11-13-15)20(25)19(24-16-6-2-1-3-7-16)21(26)17-8-4-5-9-18(17)23/h1-13H. The van der Waals surface area contributed by atoms with E-state index in [4.69, 9.17) is 11.6 Å². The van der Waals surface area contributed by atoms with Crippen molar-refractivity contribution in [2.45, 2.75) is 0 Å². The largest absolute Gasteiger partial charge is 0.288 e. The molecule has 2 nitrogen and oxygen atoms in total. The Morgan fingerprint density at radius 1 is 0.769 bits per heavy atom. The van der Waals surface area contributed by atoms with E-state index in [1.807, 2.05) is 48.5 Å². The van der Waals surface area contributed by atoms with E-state index < -0.39 is 20.7 Å². The van der Waals surface area contributed by atoms with Gasteiger partial charge in [-0.2, -0.15) is 0 Å². The molecule has 26 heavy (non-hydrogen) atoms. The zero-order chi connectivity index (χ0) is 18.5. The van der Waals surface area contributed by atoms with E-state index in [-0.39, 0.29) is 11.6 Å². The normalized spacial score (nSPS) is 11.5. The van der Waals surface area contributed by atoms with E-state index >= 15 is 0 Å². The van der Waals surface area contributed by atoms with E-state index in [0.29, 0.717) is 19.7 Å². The Hall–Kier alpha value is -1.38. The molecular formula is C21H13ClI2O2. The van der Waals surface area contributed by atoms with E-state index in [2.05, 4.69) is 22.6 Å². The lowest BCUT2D eigenvalue weighted by Crippen LogP contribution is -2.23. The van der Waals surface area contributed by atoms with Crippen LogP contribution in [-0.4, -0.2) is 15.1 Å². The Morgan fingerprint density at radius 3 is 2.04 bits per heavy atom. The van der Waals surface area contributed by atoms with Crippen molar-refractivity contribution in [1.82, 2.24) is 0 Å². The first-order valence-electron chi connectivity index (χ1n) is 7.72. The molecule has 0 bridgehead atoms.